The van der Waals surface area contributed by atoms with E-state index in [0.717, 1.165) is 28.8 Å². The van der Waals surface area contributed by atoms with E-state index < -0.39 is 31.5 Å². The number of fused-ring (bicyclic) bond motifs is 1. The minimum absolute atomic E-state index is 0.00211. The van der Waals surface area contributed by atoms with Gasteiger partial charge in [0.25, 0.3) is 0 Å². The van der Waals surface area contributed by atoms with Crippen LogP contribution in [0.5, 0.6) is 0 Å². The highest BCUT2D eigenvalue weighted by Gasteiger charge is 2.29. The number of carbonyl (C=O) groups is 3. The van der Waals surface area contributed by atoms with Crippen molar-refractivity contribution in [1.29, 1.82) is 0 Å². The van der Waals surface area contributed by atoms with Crippen molar-refractivity contribution < 1.29 is 37.8 Å². The van der Waals surface area contributed by atoms with Crippen molar-refractivity contribution >= 4 is 36.2 Å². The van der Waals surface area contributed by atoms with Crippen molar-refractivity contribution in [3.63, 3.8) is 0 Å². The molecule has 0 saturated heterocycles. The number of carboxylic acid groups (broad SMARTS) is 1. The van der Waals surface area contributed by atoms with Crippen LogP contribution in [0.4, 0.5) is 0 Å². The highest BCUT2D eigenvalue weighted by molar-refractivity contribution is 7.53. The molecule has 10 heteroatoms. The number of hydrogen-bond acceptors (Lipinski definition) is 7. The van der Waals surface area contributed by atoms with Crippen molar-refractivity contribution in [3.05, 3.63) is 71.8 Å². The predicted octanol–water partition coefficient (Wildman–Crippen LogP) is 4.91. The number of carboxylic acids is 1. The molecule has 0 fully saturated rings. The number of ether oxygens (including phenoxy) is 1. The summed E-state index contributed by atoms with van der Waals surface area (Å²) in [5.41, 5.74) is 2.88. The van der Waals surface area contributed by atoms with Gasteiger partial charge in [0.15, 0.2) is 0 Å². The van der Waals surface area contributed by atoms with E-state index in [1.54, 1.807) is 19.9 Å². The number of rotatable bonds is 12. The molecule has 0 radical (unpaired) electrons. The third-order valence-corrected chi connectivity index (χ3v) is 7.45. The lowest BCUT2D eigenvalue weighted by Gasteiger charge is -2.19. The highest BCUT2D eigenvalue weighted by Crippen LogP contribution is 2.51. The van der Waals surface area contributed by atoms with Gasteiger partial charge in [0.1, 0.15) is 6.61 Å². The number of benzene rings is 3. The summed E-state index contributed by atoms with van der Waals surface area (Å²) in [5.74, 6) is -3.30. The fraction of sp³-hybridized carbons (Fsp3) is 0.296. The molecule has 9 nitrogen and oxygen atoms in total. The molecule has 2 N–H and O–H groups in total. The van der Waals surface area contributed by atoms with Crippen molar-refractivity contribution in [2.75, 3.05) is 13.2 Å². The van der Waals surface area contributed by atoms with E-state index in [0.29, 0.717) is 11.1 Å². The first kappa shape index (κ1) is 28.1. The van der Waals surface area contributed by atoms with Gasteiger partial charge in [0, 0.05) is 6.92 Å². The molecule has 37 heavy (non-hydrogen) atoms. The zero-order valence-corrected chi connectivity index (χ0v) is 21.8. The molecule has 196 valence electrons. The summed E-state index contributed by atoms with van der Waals surface area (Å²) < 4.78 is 29.4. The lowest BCUT2D eigenvalue weighted by Crippen LogP contribution is -2.46. The molecule has 1 unspecified atom stereocenters. The van der Waals surface area contributed by atoms with E-state index in [9.17, 15) is 24.1 Å². The molecule has 0 aliphatic carbocycles. The van der Waals surface area contributed by atoms with Crippen LogP contribution in [0.15, 0.2) is 60.7 Å². The van der Waals surface area contributed by atoms with Gasteiger partial charge < -0.3 is 24.2 Å². The van der Waals surface area contributed by atoms with Crippen LogP contribution in [0.25, 0.3) is 21.9 Å². The Bertz CT molecular complexity index is 1320. The minimum Gasteiger partial charge on any atom is -0.479 e. The van der Waals surface area contributed by atoms with Gasteiger partial charge in [-0.1, -0.05) is 54.6 Å². The van der Waals surface area contributed by atoms with E-state index in [2.05, 4.69) is 5.32 Å². The highest BCUT2D eigenvalue weighted by atomic mass is 31.2. The lowest BCUT2D eigenvalue weighted by atomic mass is 9.95. The molecule has 0 aliphatic rings. The second-order valence-electron chi connectivity index (χ2n) is 8.25. The van der Waals surface area contributed by atoms with Gasteiger partial charge in [0.2, 0.25) is 11.9 Å². The summed E-state index contributed by atoms with van der Waals surface area (Å²) in [7, 11) is -3.44. The average Bonchev–Trinajstić information content (AvgIpc) is 2.85. The maximum atomic E-state index is 13.3. The summed E-state index contributed by atoms with van der Waals surface area (Å²) in [6, 6.07) is 17.3. The van der Waals surface area contributed by atoms with Crippen LogP contribution in [-0.2, 0) is 45.5 Å². The molecule has 0 spiro atoms. The monoisotopic (exact) mass is 527 g/mol. The smallest absolute Gasteiger partial charge is 0.340 e. The van der Waals surface area contributed by atoms with Gasteiger partial charge >= 0.3 is 19.5 Å². The zero-order valence-electron chi connectivity index (χ0n) is 20.9. The summed E-state index contributed by atoms with van der Waals surface area (Å²) in [5, 5.41) is 13.4. The largest absolute Gasteiger partial charge is 0.479 e. The second-order valence-corrected chi connectivity index (χ2v) is 10.3. The number of amides is 1. The molecule has 3 rings (SSSR count). The maximum absolute atomic E-state index is 13.3. The van der Waals surface area contributed by atoms with Crippen LogP contribution < -0.4 is 5.32 Å². The summed E-state index contributed by atoms with van der Waals surface area (Å²) in [6.45, 7) is 4.74. The van der Waals surface area contributed by atoms with Crippen LogP contribution in [-0.4, -0.2) is 42.2 Å². The van der Waals surface area contributed by atoms with Crippen molar-refractivity contribution in [3.8, 4) is 11.1 Å². The Morgan fingerprint density at radius 1 is 0.946 bits per heavy atom. The summed E-state index contributed by atoms with van der Waals surface area (Å²) in [4.78, 5) is 35.1. The fourth-order valence-corrected chi connectivity index (χ4v) is 5.65. The second kappa shape index (κ2) is 12.6. The average molecular weight is 528 g/mol. The Morgan fingerprint density at radius 2 is 1.59 bits per heavy atom. The van der Waals surface area contributed by atoms with Gasteiger partial charge in [0.05, 0.1) is 19.4 Å². The molecule has 3 aromatic rings. The topological polar surface area (TPSA) is 128 Å². The molecular weight excluding hydrogens is 497 g/mol. The molecule has 0 saturated carbocycles. The van der Waals surface area contributed by atoms with E-state index in [4.69, 9.17) is 13.8 Å². The van der Waals surface area contributed by atoms with Gasteiger partial charge in [-0.2, -0.15) is 0 Å². The molecule has 1 amide bonds. The van der Waals surface area contributed by atoms with Crippen LogP contribution in [0.1, 0.15) is 31.9 Å². The molecule has 0 aliphatic heterocycles. The summed E-state index contributed by atoms with van der Waals surface area (Å²) >= 11 is 0. The quantitative estimate of drug-likeness (QED) is 0.193. The SMILES string of the molecule is CCOP(=O)(Cc1cc(COC(=O)C(NC(C)=O)C(=O)O)cc(-c2cccc3ccccc23)c1)OCC. The van der Waals surface area contributed by atoms with Crippen molar-refractivity contribution in [2.45, 2.75) is 39.6 Å². The lowest BCUT2D eigenvalue weighted by molar-refractivity contribution is -0.157. The molecule has 1 atom stereocenters. The number of esters is 1. The standard InChI is InChI=1S/C27H30NO8P/c1-4-35-37(33,36-5-2)17-20-13-19(16-34-27(32)25(26(30)31)28-18(3)29)14-22(15-20)24-12-8-10-21-9-6-7-11-23(21)24/h6-15,25H,4-5,16-17H2,1-3H3,(H,28,29)(H,30,31). The van der Waals surface area contributed by atoms with E-state index in [1.165, 1.54) is 0 Å². The Kier molecular flexibility index (Phi) is 9.58. The van der Waals surface area contributed by atoms with E-state index >= 15 is 0 Å². The molecule has 0 aromatic heterocycles. The van der Waals surface area contributed by atoms with Gasteiger partial charge in [-0.25, -0.2) is 9.59 Å². The van der Waals surface area contributed by atoms with E-state index in [-0.39, 0.29) is 26.0 Å². The Balaban J connectivity index is 2.01. The maximum Gasteiger partial charge on any atom is 0.340 e. The van der Waals surface area contributed by atoms with Gasteiger partial charge in [-0.15, -0.1) is 0 Å². The van der Waals surface area contributed by atoms with Crippen LogP contribution in [0.3, 0.4) is 0 Å². The Hall–Kier alpha value is -3.52. The molecular formula is C27H30NO8P. The number of hydrogen-bond donors (Lipinski definition) is 2. The fourth-order valence-electron chi connectivity index (χ4n) is 3.98. The van der Waals surface area contributed by atoms with Crippen LogP contribution in [0.2, 0.25) is 0 Å². The third-order valence-electron chi connectivity index (χ3n) is 5.39. The Labute approximate surface area is 215 Å². The normalized spacial score (nSPS) is 12.2. The number of nitrogens with one attached hydrogen (secondary N) is 1. The summed E-state index contributed by atoms with van der Waals surface area (Å²) in [6.07, 6.45) is -0.00211. The Morgan fingerprint density at radius 3 is 2.24 bits per heavy atom. The first-order valence-electron chi connectivity index (χ1n) is 11.8. The molecule has 0 bridgehead atoms. The van der Waals surface area contributed by atoms with Gasteiger partial charge in [-0.3, -0.25) is 9.36 Å². The van der Waals surface area contributed by atoms with E-state index in [1.807, 2.05) is 54.6 Å². The third kappa shape index (κ3) is 7.49. The first-order valence-corrected chi connectivity index (χ1v) is 13.5. The van der Waals surface area contributed by atoms with Gasteiger partial charge in [-0.05, 0) is 52.9 Å². The first-order chi connectivity index (χ1) is 17.7. The van der Waals surface area contributed by atoms with Crippen molar-refractivity contribution in [1.82, 2.24) is 5.32 Å². The minimum atomic E-state index is -3.44. The number of aliphatic carboxylic acids is 1. The van der Waals surface area contributed by atoms with Crippen LogP contribution >= 0.6 is 7.60 Å². The van der Waals surface area contributed by atoms with Crippen LogP contribution in [0, 0.1) is 0 Å². The molecule has 0 heterocycles. The molecule has 3 aromatic carbocycles. The predicted molar refractivity (Wildman–Crippen MR) is 139 cm³/mol. The number of carbonyl (C=O) groups excluding carboxylic acids is 2. The zero-order chi connectivity index (χ0) is 27.0. The van der Waals surface area contributed by atoms with Crippen molar-refractivity contribution in [2.24, 2.45) is 0 Å².